The number of aliphatic hydroxyl groups excluding tert-OH is 1. The van der Waals surface area contributed by atoms with E-state index < -0.39 is 0 Å². The van der Waals surface area contributed by atoms with Crippen molar-refractivity contribution in [1.82, 2.24) is 10.2 Å². The van der Waals surface area contributed by atoms with E-state index in [2.05, 4.69) is 27.7 Å². The molecule has 2 fully saturated rings. The van der Waals surface area contributed by atoms with Crippen LogP contribution in [0.4, 0.5) is 10.5 Å². The molecule has 1 aliphatic carbocycles. The van der Waals surface area contributed by atoms with Crippen molar-refractivity contribution in [1.29, 1.82) is 0 Å². The monoisotopic (exact) mass is 531 g/mol. The maximum absolute atomic E-state index is 13.0. The molecule has 202 valence electrons. The van der Waals surface area contributed by atoms with E-state index in [1.165, 1.54) is 19.8 Å². The summed E-state index contributed by atoms with van der Waals surface area (Å²) < 4.78 is 16.2. The van der Waals surface area contributed by atoms with Crippen molar-refractivity contribution in [2.45, 2.75) is 44.2 Å². The molecule has 0 radical (unpaired) electrons. The summed E-state index contributed by atoms with van der Waals surface area (Å²) in [7, 11) is 4.62. The number of ether oxygens (including phenoxy) is 3. The number of nitrogens with one attached hydrogen (secondary N) is 2. The second-order valence-electron chi connectivity index (χ2n) is 10.0. The number of halogens is 1. The lowest BCUT2D eigenvalue weighted by Gasteiger charge is -2.38. The standard InChI is InChI=1S/C28H38ClN3O5/c1-35-25-15-22(16-26(36-2)27(25)37-3)30-28(34)31-23-13-20(17-33)14-24(23)32-10-8-19(9-11-32)12-18-4-6-21(29)7-5-18/h4-7,15-16,19-20,23-24,33H,8-14,17H2,1-3H3,(H2,30,31,34)/t20?,23-,24-/m1/s1. The van der Waals surface area contributed by atoms with E-state index in [4.69, 9.17) is 25.8 Å². The number of aliphatic hydroxyl groups is 1. The fourth-order valence-electron chi connectivity index (χ4n) is 5.76. The minimum Gasteiger partial charge on any atom is -0.493 e. The fraction of sp³-hybridized carbons (Fsp3) is 0.536. The van der Waals surface area contributed by atoms with E-state index in [0.717, 1.165) is 50.2 Å². The van der Waals surface area contributed by atoms with Gasteiger partial charge in [0.15, 0.2) is 11.5 Å². The van der Waals surface area contributed by atoms with Gasteiger partial charge in [-0.3, -0.25) is 4.90 Å². The molecular weight excluding hydrogens is 494 g/mol. The van der Waals surface area contributed by atoms with Gasteiger partial charge in [0.2, 0.25) is 5.75 Å². The Bertz CT molecular complexity index is 1020. The van der Waals surface area contributed by atoms with Gasteiger partial charge in [-0.05, 0) is 74.7 Å². The van der Waals surface area contributed by atoms with Crippen LogP contribution < -0.4 is 24.8 Å². The average molecular weight is 532 g/mol. The van der Waals surface area contributed by atoms with Crippen molar-refractivity contribution in [3.8, 4) is 17.2 Å². The Morgan fingerprint density at radius 2 is 1.65 bits per heavy atom. The number of urea groups is 1. The van der Waals surface area contributed by atoms with E-state index in [9.17, 15) is 9.90 Å². The van der Waals surface area contributed by atoms with Crippen molar-refractivity contribution < 1.29 is 24.1 Å². The first-order valence-corrected chi connectivity index (χ1v) is 13.3. The molecule has 3 atom stereocenters. The number of anilines is 1. The lowest BCUT2D eigenvalue weighted by Crippen LogP contribution is -2.52. The van der Waals surface area contributed by atoms with E-state index >= 15 is 0 Å². The predicted octanol–water partition coefficient (Wildman–Crippen LogP) is 4.58. The first kappa shape index (κ1) is 27.4. The number of rotatable bonds is 9. The van der Waals surface area contributed by atoms with Crippen LogP contribution in [0.5, 0.6) is 17.2 Å². The molecule has 1 aliphatic heterocycles. The molecule has 1 heterocycles. The summed E-state index contributed by atoms with van der Waals surface area (Å²) in [6, 6.07) is 11.4. The van der Waals surface area contributed by atoms with Crippen LogP contribution in [-0.2, 0) is 6.42 Å². The highest BCUT2D eigenvalue weighted by Gasteiger charge is 2.39. The zero-order valence-corrected chi connectivity index (χ0v) is 22.6. The van der Waals surface area contributed by atoms with Crippen molar-refractivity contribution in [3.63, 3.8) is 0 Å². The first-order chi connectivity index (χ1) is 17.9. The Morgan fingerprint density at radius 3 is 2.22 bits per heavy atom. The third kappa shape index (κ3) is 6.80. The number of likely N-dealkylation sites (tertiary alicyclic amines) is 1. The number of carbonyl (C=O) groups excluding carboxylic acids is 1. The number of piperidine rings is 1. The van der Waals surface area contributed by atoms with Crippen molar-refractivity contribution in [2.24, 2.45) is 11.8 Å². The first-order valence-electron chi connectivity index (χ1n) is 12.9. The average Bonchev–Trinajstić information content (AvgIpc) is 3.32. The van der Waals surface area contributed by atoms with Crippen molar-refractivity contribution in [3.05, 3.63) is 47.0 Å². The van der Waals surface area contributed by atoms with Gasteiger partial charge in [0.1, 0.15) is 0 Å². The van der Waals surface area contributed by atoms with Gasteiger partial charge in [-0.15, -0.1) is 0 Å². The van der Waals surface area contributed by atoms with Crippen molar-refractivity contribution in [2.75, 3.05) is 46.3 Å². The SMILES string of the molecule is COc1cc(NC(=O)N[C@@H]2CC(CO)C[C@H]2N2CCC(Cc3ccc(Cl)cc3)CC2)cc(OC)c1OC. The van der Waals surface area contributed by atoms with Crippen molar-refractivity contribution >= 4 is 23.3 Å². The predicted molar refractivity (Wildman–Crippen MR) is 145 cm³/mol. The van der Waals surface area contributed by atoms with Crippen LogP contribution in [0.3, 0.4) is 0 Å². The summed E-state index contributed by atoms with van der Waals surface area (Å²) in [5.41, 5.74) is 1.87. The van der Waals surface area contributed by atoms with Crippen LogP contribution in [0.15, 0.2) is 36.4 Å². The lowest BCUT2D eigenvalue weighted by atomic mass is 9.89. The summed E-state index contributed by atoms with van der Waals surface area (Å²) in [5.74, 6) is 2.23. The highest BCUT2D eigenvalue weighted by Crippen LogP contribution is 2.40. The zero-order chi connectivity index (χ0) is 26.4. The third-order valence-corrected chi connectivity index (χ3v) is 7.93. The van der Waals surface area contributed by atoms with E-state index in [0.29, 0.717) is 28.9 Å². The minimum atomic E-state index is -0.291. The number of hydrogen-bond acceptors (Lipinski definition) is 6. The Kier molecular flexibility index (Phi) is 9.40. The number of methoxy groups -OCH3 is 3. The molecule has 9 heteroatoms. The Hall–Kier alpha value is -2.68. The number of hydrogen-bond donors (Lipinski definition) is 3. The van der Waals surface area contributed by atoms with Gasteiger partial charge >= 0.3 is 6.03 Å². The molecule has 2 amide bonds. The lowest BCUT2D eigenvalue weighted by molar-refractivity contribution is 0.115. The molecule has 0 spiro atoms. The summed E-state index contributed by atoms with van der Waals surface area (Å²) >= 11 is 6.03. The highest BCUT2D eigenvalue weighted by molar-refractivity contribution is 6.30. The maximum atomic E-state index is 13.0. The maximum Gasteiger partial charge on any atom is 0.319 e. The molecule has 0 aromatic heterocycles. The fourth-order valence-corrected chi connectivity index (χ4v) is 5.88. The van der Waals surface area contributed by atoms with E-state index in [-0.39, 0.29) is 30.6 Å². The molecule has 0 bridgehead atoms. The van der Waals surface area contributed by atoms with Crippen LogP contribution in [-0.4, -0.2) is 69.1 Å². The molecule has 4 rings (SSSR count). The normalized spacial score (nSPS) is 22.5. The number of amides is 2. The number of nitrogens with zero attached hydrogens (tertiary/aromatic N) is 1. The molecule has 2 aromatic carbocycles. The Labute approximate surface area is 224 Å². The molecule has 3 N–H and O–H groups in total. The summed E-state index contributed by atoms with van der Waals surface area (Å²) in [6.45, 7) is 2.12. The van der Waals surface area contributed by atoms with Crippen LogP contribution in [0.2, 0.25) is 5.02 Å². The molecule has 37 heavy (non-hydrogen) atoms. The van der Waals surface area contributed by atoms with Crippen LogP contribution in [0.1, 0.15) is 31.2 Å². The summed E-state index contributed by atoms with van der Waals surface area (Å²) in [5, 5.41) is 16.7. The molecule has 2 aromatic rings. The van der Waals surface area contributed by atoms with Crippen LogP contribution in [0, 0.1) is 11.8 Å². The minimum absolute atomic E-state index is 0.0352. The van der Waals surface area contributed by atoms with Gasteiger partial charge in [0, 0.05) is 35.8 Å². The quantitative estimate of drug-likeness (QED) is 0.438. The number of benzene rings is 2. The molecule has 1 saturated carbocycles. The molecule has 1 unspecified atom stereocenters. The largest absolute Gasteiger partial charge is 0.493 e. The highest BCUT2D eigenvalue weighted by atomic mass is 35.5. The van der Waals surface area contributed by atoms with E-state index in [1.54, 1.807) is 19.2 Å². The van der Waals surface area contributed by atoms with Gasteiger partial charge < -0.3 is 30.0 Å². The summed E-state index contributed by atoms with van der Waals surface area (Å²) in [4.78, 5) is 15.5. The molecule has 1 saturated heterocycles. The van der Waals surface area contributed by atoms with Gasteiger partial charge in [0.05, 0.1) is 27.0 Å². The van der Waals surface area contributed by atoms with Gasteiger partial charge in [0.25, 0.3) is 0 Å². The van der Waals surface area contributed by atoms with Crippen LogP contribution in [0.25, 0.3) is 0 Å². The molecule has 8 nitrogen and oxygen atoms in total. The molecular formula is C28H38ClN3O5. The van der Waals surface area contributed by atoms with Gasteiger partial charge in [-0.25, -0.2) is 4.79 Å². The smallest absolute Gasteiger partial charge is 0.319 e. The second kappa shape index (κ2) is 12.7. The molecule has 2 aliphatic rings. The summed E-state index contributed by atoms with van der Waals surface area (Å²) in [6.07, 6.45) is 4.94. The van der Waals surface area contributed by atoms with Gasteiger partial charge in [-0.1, -0.05) is 23.7 Å². The third-order valence-electron chi connectivity index (χ3n) is 7.68. The topological polar surface area (TPSA) is 92.3 Å². The van der Waals surface area contributed by atoms with Crippen LogP contribution >= 0.6 is 11.6 Å². The zero-order valence-electron chi connectivity index (χ0n) is 21.8. The van der Waals surface area contributed by atoms with E-state index in [1.807, 2.05) is 12.1 Å². The van der Waals surface area contributed by atoms with Gasteiger partial charge in [-0.2, -0.15) is 0 Å². The Morgan fingerprint density at radius 1 is 1.00 bits per heavy atom. The number of carbonyl (C=O) groups is 1. The second-order valence-corrected chi connectivity index (χ2v) is 10.5. The Balaban J connectivity index is 1.36.